The van der Waals surface area contributed by atoms with Gasteiger partial charge in [0.1, 0.15) is 11.0 Å². The summed E-state index contributed by atoms with van der Waals surface area (Å²) in [6.07, 6.45) is 3.11. The fourth-order valence-electron chi connectivity index (χ4n) is 1.84. The third-order valence-electron chi connectivity index (χ3n) is 2.64. The van der Waals surface area contributed by atoms with Crippen LogP contribution in [0.5, 0.6) is 0 Å². The van der Waals surface area contributed by atoms with Crippen LogP contribution in [-0.2, 0) is 22.5 Å². The van der Waals surface area contributed by atoms with E-state index in [2.05, 4.69) is 25.9 Å². The monoisotopic (exact) mass is 320 g/mol. The fourth-order valence-corrected chi connectivity index (χ4v) is 2.34. The molecule has 0 amide bonds. The van der Waals surface area contributed by atoms with Gasteiger partial charge in [0.15, 0.2) is 0 Å². The first kappa shape index (κ1) is 13.2. The molecule has 0 N–H and O–H groups in total. The topological polar surface area (TPSA) is 44.2 Å². The van der Waals surface area contributed by atoms with Crippen LogP contribution in [0.3, 0.4) is 0 Å². The Morgan fingerprint density at radius 3 is 3.00 bits per heavy atom. The highest BCUT2D eigenvalue weighted by molar-refractivity contribution is 9.10. The van der Waals surface area contributed by atoms with Crippen LogP contribution < -0.4 is 0 Å². The third-order valence-corrected chi connectivity index (χ3v) is 3.98. The molecule has 1 fully saturated rings. The Bertz CT molecular complexity index is 397. The predicted molar refractivity (Wildman–Crippen MR) is 68.1 cm³/mol. The molecule has 1 saturated heterocycles. The molecular formula is C11H14BrClN2O2. The molecule has 1 aliphatic heterocycles. The maximum absolute atomic E-state index is 6.05. The van der Waals surface area contributed by atoms with Crippen molar-refractivity contribution in [2.45, 2.75) is 32.0 Å². The maximum Gasteiger partial charge on any atom is 0.147 e. The van der Waals surface area contributed by atoms with Gasteiger partial charge in [-0.3, -0.25) is 0 Å². The normalized spacial score (nSPS) is 19.8. The number of nitrogens with zero attached hydrogens (tertiary/aromatic N) is 2. The standard InChI is InChI=1S/C11H14BrClN2O2/c1-16-6-8-10(12)11(13)15-9(14-8)5-7-3-2-4-17-7/h7H,2-6H2,1H3. The van der Waals surface area contributed by atoms with Crippen molar-refractivity contribution in [1.82, 2.24) is 9.97 Å². The molecular weight excluding hydrogens is 307 g/mol. The molecule has 1 aromatic heterocycles. The first-order valence-corrected chi connectivity index (χ1v) is 6.69. The minimum atomic E-state index is 0.225. The summed E-state index contributed by atoms with van der Waals surface area (Å²) in [4.78, 5) is 8.69. The van der Waals surface area contributed by atoms with E-state index in [1.165, 1.54) is 0 Å². The van der Waals surface area contributed by atoms with Gasteiger partial charge in [0.2, 0.25) is 0 Å². The van der Waals surface area contributed by atoms with Crippen LogP contribution in [0.1, 0.15) is 24.4 Å². The Labute approximate surface area is 114 Å². The highest BCUT2D eigenvalue weighted by Crippen LogP contribution is 2.25. The summed E-state index contributed by atoms with van der Waals surface area (Å²) in [6.45, 7) is 1.25. The van der Waals surface area contributed by atoms with E-state index in [1.54, 1.807) is 7.11 Å². The lowest BCUT2D eigenvalue weighted by atomic mass is 10.2. The number of aromatic nitrogens is 2. The smallest absolute Gasteiger partial charge is 0.147 e. The second-order valence-corrected chi connectivity index (χ2v) is 5.11. The first-order chi connectivity index (χ1) is 8.20. The molecule has 4 nitrogen and oxygen atoms in total. The van der Waals surface area contributed by atoms with Gasteiger partial charge in [-0.2, -0.15) is 0 Å². The van der Waals surface area contributed by atoms with E-state index >= 15 is 0 Å². The minimum Gasteiger partial charge on any atom is -0.378 e. The van der Waals surface area contributed by atoms with Gasteiger partial charge < -0.3 is 9.47 Å². The van der Waals surface area contributed by atoms with Crippen LogP contribution >= 0.6 is 27.5 Å². The zero-order valence-corrected chi connectivity index (χ0v) is 11.9. The van der Waals surface area contributed by atoms with Crippen molar-refractivity contribution in [3.05, 3.63) is 21.1 Å². The van der Waals surface area contributed by atoms with Crippen molar-refractivity contribution in [2.24, 2.45) is 0 Å². The molecule has 2 rings (SSSR count). The number of hydrogen-bond donors (Lipinski definition) is 0. The largest absolute Gasteiger partial charge is 0.378 e. The maximum atomic E-state index is 6.05. The zero-order valence-electron chi connectivity index (χ0n) is 9.58. The lowest BCUT2D eigenvalue weighted by Gasteiger charge is -2.10. The quantitative estimate of drug-likeness (QED) is 0.800. The second-order valence-electron chi connectivity index (χ2n) is 3.96. The zero-order chi connectivity index (χ0) is 12.3. The minimum absolute atomic E-state index is 0.225. The van der Waals surface area contributed by atoms with Gasteiger partial charge in [-0.05, 0) is 28.8 Å². The number of ether oxygens (including phenoxy) is 2. The lowest BCUT2D eigenvalue weighted by Crippen LogP contribution is -2.13. The van der Waals surface area contributed by atoms with Gasteiger partial charge in [0.05, 0.1) is 22.9 Å². The van der Waals surface area contributed by atoms with Crippen LogP contribution in [0.25, 0.3) is 0 Å². The van der Waals surface area contributed by atoms with Crippen LogP contribution in [0.15, 0.2) is 4.47 Å². The summed E-state index contributed by atoms with van der Waals surface area (Å²) >= 11 is 9.41. The van der Waals surface area contributed by atoms with Crippen molar-refractivity contribution in [2.75, 3.05) is 13.7 Å². The molecule has 0 aliphatic carbocycles. The van der Waals surface area contributed by atoms with Gasteiger partial charge in [-0.25, -0.2) is 9.97 Å². The molecule has 1 unspecified atom stereocenters. The van der Waals surface area contributed by atoms with Crippen LogP contribution in [-0.4, -0.2) is 29.8 Å². The van der Waals surface area contributed by atoms with Crippen molar-refractivity contribution < 1.29 is 9.47 Å². The molecule has 0 saturated carbocycles. The summed E-state index contributed by atoms with van der Waals surface area (Å²) in [5.74, 6) is 0.720. The number of hydrogen-bond acceptors (Lipinski definition) is 4. The molecule has 94 valence electrons. The van der Waals surface area contributed by atoms with Crippen molar-refractivity contribution in [3.8, 4) is 0 Å². The van der Waals surface area contributed by atoms with Crippen LogP contribution in [0.4, 0.5) is 0 Å². The van der Waals surface area contributed by atoms with Crippen molar-refractivity contribution in [3.63, 3.8) is 0 Å². The molecule has 1 aromatic rings. The average molecular weight is 322 g/mol. The summed E-state index contributed by atoms with van der Waals surface area (Å²) in [6, 6.07) is 0. The van der Waals surface area contributed by atoms with E-state index < -0.39 is 0 Å². The van der Waals surface area contributed by atoms with E-state index in [4.69, 9.17) is 21.1 Å². The molecule has 0 radical (unpaired) electrons. The van der Waals surface area contributed by atoms with Gasteiger partial charge in [-0.1, -0.05) is 11.6 Å². The Balaban J connectivity index is 2.16. The molecule has 1 aliphatic rings. The van der Waals surface area contributed by atoms with E-state index in [0.717, 1.165) is 31.0 Å². The Hall–Kier alpha value is -0.230. The summed E-state index contributed by atoms with van der Waals surface area (Å²) in [5.41, 5.74) is 0.778. The Kier molecular flexibility index (Phi) is 4.73. The van der Waals surface area contributed by atoms with E-state index in [-0.39, 0.29) is 6.10 Å². The van der Waals surface area contributed by atoms with Gasteiger partial charge in [0, 0.05) is 20.1 Å². The van der Waals surface area contributed by atoms with Crippen LogP contribution in [0, 0.1) is 0 Å². The molecule has 17 heavy (non-hydrogen) atoms. The van der Waals surface area contributed by atoms with Crippen molar-refractivity contribution >= 4 is 27.5 Å². The Morgan fingerprint density at radius 2 is 2.35 bits per heavy atom. The highest BCUT2D eigenvalue weighted by Gasteiger charge is 2.19. The fraction of sp³-hybridized carbons (Fsp3) is 0.636. The van der Waals surface area contributed by atoms with E-state index in [0.29, 0.717) is 22.7 Å². The Morgan fingerprint density at radius 1 is 1.53 bits per heavy atom. The van der Waals surface area contributed by atoms with Gasteiger partial charge in [0.25, 0.3) is 0 Å². The van der Waals surface area contributed by atoms with Crippen molar-refractivity contribution in [1.29, 1.82) is 0 Å². The lowest BCUT2D eigenvalue weighted by molar-refractivity contribution is 0.109. The molecule has 1 atom stereocenters. The van der Waals surface area contributed by atoms with E-state index in [1.807, 2.05) is 0 Å². The van der Waals surface area contributed by atoms with Gasteiger partial charge >= 0.3 is 0 Å². The summed E-state index contributed by atoms with van der Waals surface area (Å²) in [7, 11) is 1.63. The third kappa shape index (κ3) is 3.37. The second kappa shape index (κ2) is 6.09. The molecule has 0 spiro atoms. The summed E-state index contributed by atoms with van der Waals surface area (Å²) < 4.78 is 11.3. The first-order valence-electron chi connectivity index (χ1n) is 5.52. The molecule has 0 bridgehead atoms. The average Bonchev–Trinajstić information content (AvgIpc) is 2.78. The molecule has 6 heteroatoms. The number of halogens is 2. The molecule has 0 aromatic carbocycles. The number of methoxy groups -OCH3 is 1. The highest BCUT2D eigenvalue weighted by atomic mass is 79.9. The predicted octanol–water partition coefficient (Wildman–Crippen LogP) is 2.76. The molecule has 2 heterocycles. The number of rotatable bonds is 4. The summed E-state index contributed by atoms with van der Waals surface area (Å²) in [5, 5.41) is 0.431. The SMILES string of the molecule is COCc1nc(CC2CCCO2)nc(Cl)c1Br. The van der Waals surface area contributed by atoms with E-state index in [9.17, 15) is 0 Å². The van der Waals surface area contributed by atoms with Gasteiger partial charge in [-0.15, -0.1) is 0 Å². The van der Waals surface area contributed by atoms with Crippen LogP contribution in [0.2, 0.25) is 5.15 Å².